The summed E-state index contributed by atoms with van der Waals surface area (Å²) in [6.45, 7) is 1.89. The van der Waals surface area contributed by atoms with Crippen LogP contribution in [0.25, 0.3) is 0 Å². The monoisotopic (exact) mass is 337 g/mol. The van der Waals surface area contributed by atoms with Crippen molar-refractivity contribution in [1.29, 1.82) is 0 Å². The summed E-state index contributed by atoms with van der Waals surface area (Å²) in [5, 5.41) is 0. The van der Waals surface area contributed by atoms with Gasteiger partial charge in [-0.3, -0.25) is 0 Å². The standard InChI is InChI=1S/C17H20FNO3S/c1-3-17(13-8-10-15(22-2)11-9-13)19-23(20,21)12-14-6-4-5-7-16(14)18/h4-11,17,19H,3,12H2,1-2H3/t17-/m0/s1. The fraction of sp³-hybridized carbons (Fsp3) is 0.294. The van der Waals surface area contributed by atoms with Crippen molar-refractivity contribution in [3.63, 3.8) is 0 Å². The van der Waals surface area contributed by atoms with E-state index in [9.17, 15) is 12.8 Å². The number of benzene rings is 2. The van der Waals surface area contributed by atoms with Crippen LogP contribution < -0.4 is 9.46 Å². The van der Waals surface area contributed by atoms with E-state index in [1.165, 1.54) is 18.2 Å². The molecule has 2 aromatic rings. The van der Waals surface area contributed by atoms with Gasteiger partial charge in [-0.1, -0.05) is 37.3 Å². The fourth-order valence-electron chi connectivity index (χ4n) is 2.30. The van der Waals surface area contributed by atoms with E-state index in [-0.39, 0.29) is 17.4 Å². The van der Waals surface area contributed by atoms with Crippen LogP contribution in [0.5, 0.6) is 5.75 Å². The van der Waals surface area contributed by atoms with Gasteiger partial charge in [-0.15, -0.1) is 0 Å². The van der Waals surface area contributed by atoms with Crippen molar-refractivity contribution in [1.82, 2.24) is 4.72 Å². The molecule has 0 amide bonds. The molecule has 0 saturated carbocycles. The van der Waals surface area contributed by atoms with Crippen LogP contribution in [-0.4, -0.2) is 15.5 Å². The van der Waals surface area contributed by atoms with Gasteiger partial charge in [-0.2, -0.15) is 0 Å². The van der Waals surface area contributed by atoms with Crippen LogP contribution >= 0.6 is 0 Å². The van der Waals surface area contributed by atoms with Gasteiger partial charge in [0.2, 0.25) is 10.0 Å². The second-order valence-corrected chi connectivity index (χ2v) is 6.96. The number of rotatable bonds is 7. The average molecular weight is 337 g/mol. The molecule has 4 nitrogen and oxygen atoms in total. The van der Waals surface area contributed by atoms with Gasteiger partial charge in [0, 0.05) is 11.6 Å². The van der Waals surface area contributed by atoms with Crippen LogP contribution in [0, 0.1) is 5.82 Å². The molecule has 0 radical (unpaired) electrons. The van der Waals surface area contributed by atoms with Crippen molar-refractivity contribution >= 4 is 10.0 Å². The zero-order valence-electron chi connectivity index (χ0n) is 13.1. The van der Waals surface area contributed by atoms with E-state index in [0.29, 0.717) is 12.2 Å². The molecular weight excluding hydrogens is 317 g/mol. The Morgan fingerprint density at radius 1 is 1.13 bits per heavy atom. The third-order valence-corrected chi connectivity index (χ3v) is 4.89. The third-order valence-electron chi connectivity index (χ3n) is 3.55. The smallest absolute Gasteiger partial charge is 0.216 e. The molecule has 0 aromatic heterocycles. The molecule has 0 unspecified atom stereocenters. The summed E-state index contributed by atoms with van der Waals surface area (Å²) in [4.78, 5) is 0. The lowest BCUT2D eigenvalue weighted by molar-refractivity contribution is 0.414. The normalized spacial score (nSPS) is 12.8. The fourth-order valence-corrected chi connectivity index (χ4v) is 3.77. The van der Waals surface area contributed by atoms with Crippen molar-refractivity contribution in [2.45, 2.75) is 25.1 Å². The van der Waals surface area contributed by atoms with Gasteiger partial charge in [-0.25, -0.2) is 17.5 Å². The summed E-state index contributed by atoms with van der Waals surface area (Å²) in [5.74, 6) is -0.194. The van der Waals surface area contributed by atoms with Crippen LogP contribution in [0.3, 0.4) is 0 Å². The van der Waals surface area contributed by atoms with Crippen molar-refractivity contribution in [3.8, 4) is 5.75 Å². The van der Waals surface area contributed by atoms with Crippen molar-refractivity contribution in [2.24, 2.45) is 0 Å². The van der Waals surface area contributed by atoms with E-state index >= 15 is 0 Å². The highest BCUT2D eigenvalue weighted by molar-refractivity contribution is 7.88. The summed E-state index contributed by atoms with van der Waals surface area (Å²) in [6, 6.07) is 12.7. The SMILES string of the molecule is CC[C@H](NS(=O)(=O)Cc1ccccc1F)c1ccc(OC)cc1. The Hall–Kier alpha value is -1.92. The number of nitrogens with one attached hydrogen (secondary N) is 1. The maximum atomic E-state index is 13.6. The largest absolute Gasteiger partial charge is 0.497 e. The molecule has 124 valence electrons. The minimum absolute atomic E-state index is 0.157. The molecular formula is C17H20FNO3S. The Morgan fingerprint density at radius 2 is 1.78 bits per heavy atom. The van der Waals surface area contributed by atoms with E-state index < -0.39 is 15.8 Å². The number of ether oxygens (including phenoxy) is 1. The Bertz CT molecular complexity index is 745. The van der Waals surface area contributed by atoms with Crippen LogP contribution in [0.4, 0.5) is 4.39 Å². The quantitative estimate of drug-likeness (QED) is 0.842. The van der Waals surface area contributed by atoms with Crippen molar-refractivity contribution < 1.29 is 17.5 Å². The summed E-state index contributed by atoms with van der Waals surface area (Å²) in [5.41, 5.74) is 0.995. The molecule has 1 N–H and O–H groups in total. The van der Waals surface area contributed by atoms with Gasteiger partial charge in [0.15, 0.2) is 0 Å². The highest BCUT2D eigenvalue weighted by atomic mass is 32.2. The molecule has 0 aliphatic carbocycles. The predicted octanol–water partition coefficient (Wildman–Crippen LogP) is 3.41. The van der Waals surface area contributed by atoms with Gasteiger partial charge >= 0.3 is 0 Å². The van der Waals surface area contributed by atoms with E-state index in [1.807, 2.05) is 19.1 Å². The minimum atomic E-state index is -3.65. The van der Waals surface area contributed by atoms with E-state index in [4.69, 9.17) is 4.74 Å². The second kappa shape index (κ2) is 7.57. The number of methoxy groups -OCH3 is 1. The number of sulfonamides is 1. The molecule has 0 bridgehead atoms. The van der Waals surface area contributed by atoms with Gasteiger partial charge in [0.05, 0.1) is 12.9 Å². The van der Waals surface area contributed by atoms with E-state index in [0.717, 1.165) is 5.56 Å². The number of hydrogen-bond donors (Lipinski definition) is 1. The van der Waals surface area contributed by atoms with Gasteiger partial charge in [0.1, 0.15) is 11.6 Å². The van der Waals surface area contributed by atoms with Crippen LogP contribution in [0.15, 0.2) is 48.5 Å². The van der Waals surface area contributed by atoms with E-state index in [1.54, 1.807) is 25.3 Å². The third kappa shape index (κ3) is 4.77. The van der Waals surface area contributed by atoms with Gasteiger partial charge in [-0.05, 0) is 30.2 Å². The lowest BCUT2D eigenvalue weighted by Gasteiger charge is -2.18. The zero-order chi connectivity index (χ0) is 16.9. The summed E-state index contributed by atoms with van der Waals surface area (Å²) >= 11 is 0. The first-order valence-corrected chi connectivity index (χ1v) is 8.97. The van der Waals surface area contributed by atoms with Crippen LogP contribution in [0.2, 0.25) is 0 Å². The maximum absolute atomic E-state index is 13.6. The summed E-state index contributed by atoms with van der Waals surface area (Å²) in [7, 11) is -2.08. The molecule has 0 fully saturated rings. The molecule has 1 atom stereocenters. The van der Waals surface area contributed by atoms with Crippen molar-refractivity contribution in [3.05, 3.63) is 65.5 Å². The highest BCUT2D eigenvalue weighted by Crippen LogP contribution is 2.22. The van der Waals surface area contributed by atoms with E-state index in [2.05, 4.69) is 4.72 Å². The Morgan fingerprint density at radius 3 is 2.35 bits per heavy atom. The summed E-state index contributed by atoms with van der Waals surface area (Å²) < 4.78 is 46.0. The number of hydrogen-bond acceptors (Lipinski definition) is 3. The topological polar surface area (TPSA) is 55.4 Å². The van der Waals surface area contributed by atoms with Crippen LogP contribution in [0.1, 0.15) is 30.5 Å². The highest BCUT2D eigenvalue weighted by Gasteiger charge is 2.20. The minimum Gasteiger partial charge on any atom is -0.497 e. The van der Waals surface area contributed by atoms with Gasteiger partial charge in [0.25, 0.3) is 0 Å². The van der Waals surface area contributed by atoms with Crippen LogP contribution in [-0.2, 0) is 15.8 Å². The molecule has 6 heteroatoms. The van der Waals surface area contributed by atoms with Crippen molar-refractivity contribution in [2.75, 3.05) is 7.11 Å². The first-order chi connectivity index (χ1) is 10.9. The molecule has 0 heterocycles. The second-order valence-electron chi connectivity index (χ2n) is 5.20. The first kappa shape index (κ1) is 17.4. The Kier molecular flexibility index (Phi) is 5.74. The molecule has 2 aromatic carbocycles. The predicted molar refractivity (Wildman–Crippen MR) is 88.2 cm³/mol. The Balaban J connectivity index is 2.14. The number of halogens is 1. The molecule has 0 aliphatic rings. The molecule has 0 aliphatic heterocycles. The lowest BCUT2D eigenvalue weighted by Crippen LogP contribution is -2.29. The zero-order valence-corrected chi connectivity index (χ0v) is 13.9. The average Bonchev–Trinajstić information content (AvgIpc) is 2.55. The van der Waals surface area contributed by atoms with Gasteiger partial charge < -0.3 is 4.74 Å². The Labute approximate surface area is 136 Å². The summed E-state index contributed by atoms with van der Waals surface area (Å²) in [6.07, 6.45) is 0.586. The molecule has 23 heavy (non-hydrogen) atoms. The lowest BCUT2D eigenvalue weighted by atomic mass is 10.1. The molecule has 0 saturated heterocycles. The molecule has 2 rings (SSSR count). The maximum Gasteiger partial charge on any atom is 0.216 e. The first-order valence-electron chi connectivity index (χ1n) is 7.32. The molecule has 0 spiro atoms.